The Morgan fingerprint density at radius 3 is 2.46 bits per heavy atom. The van der Waals surface area contributed by atoms with Gasteiger partial charge in [-0.2, -0.15) is 0 Å². The van der Waals surface area contributed by atoms with Gasteiger partial charge in [-0.25, -0.2) is 0 Å². The molecule has 0 heterocycles. The van der Waals surface area contributed by atoms with Crippen LogP contribution in [0.3, 0.4) is 0 Å². The van der Waals surface area contributed by atoms with E-state index in [9.17, 15) is 0 Å². The summed E-state index contributed by atoms with van der Waals surface area (Å²) in [7, 11) is 3.97. The summed E-state index contributed by atoms with van der Waals surface area (Å²) in [4.78, 5) is 2.11. The van der Waals surface area contributed by atoms with Crippen molar-refractivity contribution in [2.75, 3.05) is 27.2 Å². The SMILES string of the molecule is C=C(C)C=CC(=C)N(C)CCNC. The molecule has 0 saturated heterocycles. The number of likely N-dealkylation sites (N-methyl/N-ethyl adjacent to an activating group) is 2. The number of allylic oxidation sites excluding steroid dienone is 3. The normalized spacial score (nSPS) is 10.4. The van der Waals surface area contributed by atoms with Crippen molar-refractivity contribution in [2.24, 2.45) is 0 Å². The smallest absolute Gasteiger partial charge is 0.0299 e. The topological polar surface area (TPSA) is 15.3 Å². The van der Waals surface area contributed by atoms with E-state index < -0.39 is 0 Å². The highest BCUT2D eigenvalue weighted by Crippen LogP contribution is 2.01. The molecule has 0 unspecified atom stereocenters. The Hall–Kier alpha value is -1.02. The second-order valence-electron chi connectivity index (χ2n) is 3.20. The Morgan fingerprint density at radius 1 is 1.38 bits per heavy atom. The van der Waals surface area contributed by atoms with Crippen LogP contribution in [0, 0.1) is 0 Å². The zero-order valence-electron chi connectivity index (χ0n) is 8.93. The van der Waals surface area contributed by atoms with E-state index in [0.29, 0.717) is 0 Å². The molecule has 1 N–H and O–H groups in total. The molecule has 0 radical (unpaired) electrons. The van der Waals surface area contributed by atoms with Gasteiger partial charge in [-0.15, -0.1) is 0 Å². The second-order valence-corrected chi connectivity index (χ2v) is 3.20. The van der Waals surface area contributed by atoms with Crippen molar-refractivity contribution < 1.29 is 0 Å². The summed E-state index contributed by atoms with van der Waals surface area (Å²) in [5, 5.41) is 3.09. The molecule has 2 nitrogen and oxygen atoms in total. The van der Waals surface area contributed by atoms with Gasteiger partial charge in [0, 0.05) is 25.8 Å². The summed E-state index contributed by atoms with van der Waals surface area (Å²) < 4.78 is 0. The maximum atomic E-state index is 3.95. The Morgan fingerprint density at radius 2 is 2.00 bits per heavy atom. The highest BCUT2D eigenvalue weighted by molar-refractivity contribution is 5.21. The van der Waals surface area contributed by atoms with Crippen LogP contribution in [-0.2, 0) is 0 Å². The van der Waals surface area contributed by atoms with Crippen LogP contribution in [0.15, 0.2) is 36.6 Å². The van der Waals surface area contributed by atoms with Gasteiger partial charge in [-0.3, -0.25) is 0 Å². The van der Waals surface area contributed by atoms with Crippen molar-refractivity contribution in [3.05, 3.63) is 36.6 Å². The molecule has 0 saturated carbocycles. The van der Waals surface area contributed by atoms with Crippen LogP contribution in [-0.4, -0.2) is 32.1 Å². The third kappa shape index (κ3) is 6.17. The van der Waals surface area contributed by atoms with Crippen molar-refractivity contribution in [2.45, 2.75) is 6.92 Å². The Labute approximate surface area is 81.6 Å². The summed E-state index contributed by atoms with van der Waals surface area (Å²) in [6.45, 7) is 11.6. The molecule has 0 aromatic heterocycles. The summed E-state index contributed by atoms with van der Waals surface area (Å²) in [6, 6.07) is 0. The lowest BCUT2D eigenvalue weighted by molar-refractivity contribution is 0.429. The molecule has 0 spiro atoms. The van der Waals surface area contributed by atoms with Crippen LogP contribution in [0.5, 0.6) is 0 Å². The lowest BCUT2D eigenvalue weighted by atomic mass is 10.3. The van der Waals surface area contributed by atoms with E-state index in [2.05, 4.69) is 23.4 Å². The monoisotopic (exact) mass is 180 g/mol. The number of hydrogen-bond donors (Lipinski definition) is 1. The van der Waals surface area contributed by atoms with Gasteiger partial charge in [0.2, 0.25) is 0 Å². The van der Waals surface area contributed by atoms with Gasteiger partial charge in [0.1, 0.15) is 0 Å². The molecule has 74 valence electrons. The Kier molecular flexibility index (Phi) is 5.98. The lowest BCUT2D eigenvalue weighted by Crippen LogP contribution is -2.25. The van der Waals surface area contributed by atoms with E-state index in [1.165, 1.54) is 0 Å². The minimum Gasteiger partial charge on any atom is -0.374 e. The molecule has 0 aliphatic carbocycles. The van der Waals surface area contributed by atoms with Gasteiger partial charge in [0.05, 0.1) is 0 Å². The molecular weight excluding hydrogens is 160 g/mol. The molecule has 0 aliphatic rings. The molecule has 0 rings (SSSR count). The lowest BCUT2D eigenvalue weighted by Gasteiger charge is -2.18. The molecule has 2 heteroatoms. The van der Waals surface area contributed by atoms with E-state index in [0.717, 1.165) is 24.4 Å². The molecule has 0 atom stereocenters. The van der Waals surface area contributed by atoms with Crippen LogP contribution in [0.2, 0.25) is 0 Å². The van der Waals surface area contributed by atoms with Crippen LogP contribution < -0.4 is 5.32 Å². The van der Waals surface area contributed by atoms with Crippen LogP contribution >= 0.6 is 0 Å². The molecule has 0 fully saturated rings. The number of nitrogens with zero attached hydrogens (tertiary/aromatic N) is 1. The van der Waals surface area contributed by atoms with Gasteiger partial charge < -0.3 is 10.2 Å². The van der Waals surface area contributed by atoms with E-state index in [1.54, 1.807) is 0 Å². The summed E-state index contributed by atoms with van der Waals surface area (Å²) in [6.07, 6.45) is 3.95. The van der Waals surface area contributed by atoms with Gasteiger partial charge >= 0.3 is 0 Å². The fourth-order valence-corrected chi connectivity index (χ4v) is 0.789. The number of hydrogen-bond acceptors (Lipinski definition) is 2. The first-order valence-electron chi connectivity index (χ1n) is 4.46. The molecule has 0 aromatic carbocycles. The average molecular weight is 180 g/mol. The van der Waals surface area contributed by atoms with Crippen LogP contribution in [0.1, 0.15) is 6.92 Å². The number of nitrogens with one attached hydrogen (secondary N) is 1. The molecule has 0 aliphatic heterocycles. The van der Waals surface area contributed by atoms with E-state index in [-0.39, 0.29) is 0 Å². The van der Waals surface area contributed by atoms with Gasteiger partial charge in [-0.1, -0.05) is 24.8 Å². The largest absolute Gasteiger partial charge is 0.374 e. The van der Waals surface area contributed by atoms with E-state index in [4.69, 9.17) is 0 Å². The quantitative estimate of drug-likeness (QED) is 0.627. The standard InChI is InChI=1S/C11H20N2/c1-10(2)6-7-11(3)13(5)9-8-12-4/h6-7,12H,1,3,8-9H2,2,4-5H3. The minimum absolute atomic E-state index is 0.968. The predicted octanol–water partition coefficient (Wildman–Crippen LogP) is 1.78. The predicted molar refractivity (Wildman–Crippen MR) is 59.7 cm³/mol. The maximum Gasteiger partial charge on any atom is 0.0299 e. The van der Waals surface area contributed by atoms with Gasteiger partial charge in [-0.05, 0) is 20.0 Å². The Balaban J connectivity index is 3.89. The van der Waals surface area contributed by atoms with Gasteiger partial charge in [0.25, 0.3) is 0 Å². The van der Waals surface area contributed by atoms with E-state index >= 15 is 0 Å². The van der Waals surface area contributed by atoms with Crippen molar-refractivity contribution in [1.29, 1.82) is 0 Å². The Bertz CT molecular complexity index is 204. The van der Waals surface area contributed by atoms with E-state index in [1.807, 2.05) is 33.2 Å². The molecule has 0 aromatic rings. The summed E-state index contributed by atoms with van der Waals surface area (Å²) >= 11 is 0. The summed E-state index contributed by atoms with van der Waals surface area (Å²) in [5.41, 5.74) is 2.06. The third-order valence-electron chi connectivity index (χ3n) is 1.75. The maximum absolute atomic E-state index is 3.95. The van der Waals surface area contributed by atoms with Crippen molar-refractivity contribution in [1.82, 2.24) is 10.2 Å². The fourth-order valence-electron chi connectivity index (χ4n) is 0.789. The van der Waals surface area contributed by atoms with Crippen molar-refractivity contribution in [3.63, 3.8) is 0 Å². The second kappa shape index (κ2) is 6.49. The van der Waals surface area contributed by atoms with Crippen molar-refractivity contribution in [3.8, 4) is 0 Å². The molecule has 0 amide bonds. The average Bonchev–Trinajstić information content (AvgIpc) is 2.10. The van der Waals surface area contributed by atoms with Gasteiger partial charge in [0.15, 0.2) is 0 Å². The summed E-state index contributed by atoms with van der Waals surface area (Å²) in [5.74, 6) is 0. The number of rotatable bonds is 6. The first-order chi connectivity index (χ1) is 6.07. The molecular formula is C11H20N2. The first-order valence-corrected chi connectivity index (χ1v) is 4.46. The minimum atomic E-state index is 0.968. The first kappa shape index (κ1) is 12.0. The highest BCUT2D eigenvalue weighted by Gasteiger charge is 1.95. The highest BCUT2D eigenvalue weighted by atomic mass is 15.1. The molecule has 13 heavy (non-hydrogen) atoms. The van der Waals surface area contributed by atoms with Crippen LogP contribution in [0.4, 0.5) is 0 Å². The third-order valence-corrected chi connectivity index (χ3v) is 1.75. The zero-order valence-corrected chi connectivity index (χ0v) is 8.93. The van der Waals surface area contributed by atoms with Crippen molar-refractivity contribution >= 4 is 0 Å². The molecule has 0 bridgehead atoms. The fraction of sp³-hybridized carbons (Fsp3) is 0.455. The van der Waals surface area contributed by atoms with Crippen LogP contribution in [0.25, 0.3) is 0 Å². The zero-order chi connectivity index (χ0) is 10.3.